The molecule has 0 radical (unpaired) electrons. The Hall–Kier alpha value is -0.120. The number of hydrogen-bond donors (Lipinski definition) is 1. The lowest BCUT2D eigenvalue weighted by molar-refractivity contribution is -0.00388. The molecule has 2 heterocycles. The van der Waals surface area contributed by atoms with Gasteiger partial charge in [-0.1, -0.05) is 0 Å². The van der Waals surface area contributed by atoms with Crippen LogP contribution in [0.1, 0.15) is 40.0 Å². The third-order valence-electron chi connectivity index (χ3n) is 4.59. The zero-order valence-electron chi connectivity index (χ0n) is 11.8. The summed E-state index contributed by atoms with van der Waals surface area (Å²) < 4.78 is 5.54. The van der Waals surface area contributed by atoms with Crippen LogP contribution in [-0.4, -0.2) is 49.3 Å². The predicted octanol–water partition coefficient (Wildman–Crippen LogP) is 1.87. The van der Waals surface area contributed by atoms with Crippen LogP contribution in [0.4, 0.5) is 0 Å². The molecule has 0 amide bonds. The van der Waals surface area contributed by atoms with Gasteiger partial charge in [-0.3, -0.25) is 4.90 Å². The highest BCUT2D eigenvalue weighted by Gasteiger charge is 2.37. The molecule has 2 fully saturated rings. The van der Waals surface area contributed by atoms with Crippen molar-refractivity contribution in [3.05, 3.63) is 0 Å². The first kappa shape index (κ1) is 13.3. The molecule has 1 N–H and O–H groups in total. The Balaban J connectivity index is 1.87. The molecule has 0 bridgehead atoms. The molecule has 0 aliphatic carbocycles. The van der Waals surface area contributed by atoms with E-state index in [0.717, 1.165) is 18.4 Å². The van der Waals surface area contributed by atoms with Crippen LogP contribution in [-0.2, 0) is 4.74 Å². The average molecular weight is 240 g/mol. The molecule has 3 heteroatoms. The minimum atomic E-state index is 0.000603. The fourth-order valence-corrected chi connectivity index (χ4v) is 3.36. The zero-order chi connectivity index (χ0) is 12.5. The highest BCUT2D eigenvalue weighted by Crippen LogP contribution is 2.28. The Kier molecular flexibility index (Phi) is 4.11. The number of methoxy groups -OCH3 is 1. The summed E-state index contributed by atoms with van der Waals surface area (Å²) in [5.74, 6) is 0.886. The largest absolute Gasteiger partial charge is 0.379 e. The molecule has 2 saturated heterocycles. The maximum absolute atomic E-state index is 5.54. The first-order chi connectivity index (χ1) is 8.02. The first-order valence-corrected chi connectivity index (χ1v) is 7.04. The van der Waals surface area contributed by atoms with Crippen LogP contribution in [0.15, 0.2) is 0 Å². The Morgan fingerprint density at radius 1 is 1.41 bits per heavy atom. The van der Waals surface area contributed by atoms with Gasteiger partial charge in [-0.15, -0.1) is 0 Å². The molecule has 0 saturated carbocycles. The lowest BCUT2D eigenvalue weighted by Gasteiger charge is -2.32. The van der Waals surface area contributed by atoms with Crippen LogP contribution in [0.2, 0.25) is 0 Å². The van der Waals surface area contributed by atoms with Crippen LogP contribution >= 0.6 is 0 Å². The zero-order valence-corrected chi connectivity index (χ0v) is 11.8. The molecule has 2 aliphatic rings. The molecule has 2 rings (SSSR count). The second-order valence-corrected chi connectivity index (χ2v) is 6.43. The maximum Gasteiger partial charge on any atom is 0.0637 e. The Morgan fingerprint density at radius 2 is 2.18 bits per heavy atom. The summed E-state index contributed by atoms with van der Waals surface area (Å²) in [6.07, 6.45) is 3.88. The van der Waals surface area contributed by atoms with Gasteiger partial charge < -0.3 is 10.1 Å². The van der Waals surface area contributed by atoms with Gasteiger partial charge in [-0.25, -0.2) is 0 Å². The smallest absolute Gasteiger partial charge is 0.0637 e. The van der Waals surface area contributed by atoms with Crippen LogP contribution in [0.25, 0.3) is 0 Å². The van der Waals surface area contributed by atoms with Gasteiger partial charge >= 0.3 is 0 Å². The quantitative estimate of drug-likeness (QED) is 0.812. The van der Waals surface area contributed by atoms with Crippen molar-refractivity contribution in [2.75, 3.05) is 26.7 Å². The van der Waals surface area contributed by atoms with E-state index >= 15 is 0 Å². The molecular formula is C14H28N2O. The van der Waals surface area contributed by atoms with Gasteiger partial charge in [0.25, 0.3) is 0 Å². The number of hydrogen-bond acceptors (Lipinski definition) is 3. The van der Waals surface area contributed by atoms with Crippen molar-refractivity contribution in [1.82, 2.24) is 10.2 Å². The van der Waals surface area contributed by atoms with Gasteiger partial charge in [0.15, 0.2) is 0 Å². The van der Waals surface area contributed by atoms with Crippen LogP contribution in [0.5, 0.6) is 0 Å². The van der Waals surface area contributed by atoms with Gasteiger partial charge in [-0.05, 0) is 52.5 Å². The summed E-state index contributed by atoms with van der Waals surface area (Å²) >= 11 is 0. The van der Waals surface area contributed by atoms with Gasteiger partial charge in [0, 0.05) is 32.3 Å². The van der Waals surface area contributed by atoms with Crippen molar-refractivity contribution in [1.29, 1.82) is 0 Å². The molecule has 17 heavy (non-hydrogen) atoms. The molecule has 0 aromatic heterocycles. The fourth-order valence-electron chi connectivity index (χ4n) is 3.36. The summed E-state index contributed by atoms with van der Waals surface area (Å²) in [4.78, 5) is 2.65. The lowest BCUT2D eigenvalue weighted by Crippen LogP contribution is -2.42. The van der Waals surface area contributed by atoms with E-state index in [0.29, 0.717) is 6.04 Å². The standard InChI is InChI=1S/C14H28N2O/c1-11(8-14(2,3)17-4)16-9-12-6-5-7-15-13(12)10-16/h11-13,15H,5-10H2,1-4H3. The average Bonchev–Trinajstić information content (AvgIpc) is 2.72. The van der Waals surface area contributed by atoms with E-state index in [-0.39, 0.29) is 5.60 Å². The number of nitrogens with zero attached hydrogens (tertiary/aromatic N) is 1. The minimum Gasteiger partial charge on any atom is -0.379 e. The van der Waals surface area contributed by atoms with Crippen molar-refractivity contribution in [2.24, 2.45) is 5.92 Å². The molecule has 0 spiro atoms. The molecule has 0 aromatic carbocycles. The van der Waals surface area contributed by atoms with Gasteiger partial charge in [0.05, 0.1) is 5.60 Å². The minimum absolute atomic E-state index is 0.000603. The van der Waals surface area contributed by atoms with Crippen LogP contribution in [0, 0.1) is 5.92 Å². The van der Waals surface area contributed by atoms with Crippen molar-refractivity contribution in [3.63, 3.8) is 0 Å². The monoisotopic (exact) mass is 240 g/mol. The molecular weight excluding hydrogens is 212 g/mol. The first-order valence-electron chi connectivity index (χ1n) is 7.04. The Labute approximate surface area is 106 Å². The number of fused-ring (bicyclic) bond motifs is 1. The van der Waals surface area contributed by atoms with E-state index in [4.69, 9.17) is 4.74 Å². The van der Waals surface area contributed by atoms with E-state index in [1.807, 2.05) is 7.11 Å². The molecule has 3 nitrogen and oxygen atoms in total. The van der Waals surface area contributed by atoms with Crippen molar-refractivity contribution in [2.45, 2.75) is 57.7 Å². The van der Waals surface area contributed by atoms with Gasteiger partial charge in [0.2, 0.25) is 0 Å². The van der Waals surface area contributed by atoms with Crippen molar-refractivity contribution < 1.29 is 4.74 Å². The summed E-state index contributed by atoms with van der Waals surface area (Å²) in [6, 6.07) is 1.37. The second-order valence-electron chi connectivity index (χ2n) is 6.43. The SMILES string of the molecule is COC(C)(C)CC(C)N1CC2CCCNC2C1. The van der Waals surface area contributed by atoms with Crippen molar-refractivity contribution in [3.8, 4) is 0 Å². The molecule has 2 aliphatic heterocycles. The van der Waals surface area contributed by atoms with Crippen molar-refractivity contribution >= 4 is 0 Å². The Bertz CT molecular complexity index is 241. The summed E-state index contributed by atoms with van der Waals surface area (Å²) in [5, 5.41) is 3.67. The normalized spacial score (nSPS) is 32.5. The maximum atomic E-state index is 5.54. The molecule has 3 unspecified atom stereocenters. The van der Waals surface area contributed by atoms with E-state index < -0.39 is 0 Å². The second kappa shape index (κ2) is 5.25. The fraction of sp³-hybridized carbons (Fsp3) is 1.00. The van der Waals surface area contributed by atoms with E-state index in [2.05, 4.69) is 31.0 Å². The summed E-state index contributed by atoms with van der Waals surface area (Å²) in [6.45, 7) is 10.4. The number of piperidine rings is 1. The predicted molar refractivity (Wildman–Crippen MR) is 71.3 cm³/mol. The Morgan fingerprint density at radius 3 is 2.82 bits per heavy atom. The highest BCUT2D eigenvalue weighted by atomic mass is 16.5. The number of nitrogens with one attached hydrogen (secondary N) is 1. The molecule has 0 aromatic rings. The summed E-state index contributed by atoms with van der Waals surface area (Å²) in [7, 11) is 1.82. The lowest BCUT2D eigenvalue weighted by atomic mass is 9.94. The highest BCUT2D eigenvalue weighted by molar-refractivity contribution is 4.94. The van der Waals surface area contributed by atoms with E-state index in [9.17, 15) is 0 Å². The van der Waals surface area contributed by atoms with Crippen LogP contribution < -0.4 is 5.32 Å². The van der Waals surface area contributed by atoms with E-state index in [1.54, 1.807) is 0 Å². The van der Waals surface area contributed by atoms with Gasteiger partial charge in [0.1, 0.15) is 0 Å². The van der Waals surface area contributed by atoms with Crippen LogP contribution in [0.3, 0.4) is 0 Å². The molecule has 3 atom stereocenters. The number of ether oxygens (including phenoxy) is 1. The third-order valence-corrected chi connectivity index (χ3v) is 4.59. The third kappa shape index (κ3) is 3.21. The van der Waals surface area contributed by atoms with E-state index in [1.165, 1.54) is 32.5 Å². The van der Waals surface area contributed by atoms with Gasteiger partial charge in [-0.2, -0.15) is 0 Å². The number of likely N-dealkylation sites (tertiary alicyclic amines) is 1. The molecule has 100 valence electrons. The number of rotatable bonds is 4. The topological polar surface area (TPSA) is 24.5 Å². The summed E-state index contributed by atoms with van der Waals surface area (Å²) in [5.41, 5.74) is 0.000603.